The van der Waals surface area contributed by atoms with E-state index in [2.05, 4.69) is 0 Å². The molecule has 1 aliphatic heterocycles. The zero-order valence-corrected chi connectivity index (χ0v) is 16.5. The van der Waals surface area contributed by atoms with Gasteiger partial charge < -0.3 is 14.2 Å². The van der Waals surface area contributed by atoms with Crippen molar-refractivity contribution in [2.75, 3.05) is 19.7 Å². The Morgan fingerprint density at radius 3 is 2.62 bits per heavy atom. The van der Waals surface area contributed by atoms with E-state index < -0.39 is 17.2 Å². The number of amides is 1. The quantitative estimate of drug-likeness (QED) is 0.741. The molecule has 0 unspecified atom stereocenters. The fraction of sp³-hybridized carbons (Fsp3) is 0.409. The Labute approximate surface area is 167 Å². The van der Waals surface area contributed by atoms with Crippen molar-refractivity contribution in [3.8, 4) is 0 Å². The number of halogens is 1. The van der Waals surface area contributed by atoms with E-state index in [1.165, 1.54) is 13.0 Å². The number of carbonyl (C=O) groups excluding carboxylic acids is 2. The maximum Gasteiger partial charge on any atom is 0.343 e. The van der Waals surface area contributed by atoms with Crippen molar-refractivity contribution in [2.24, 2.45) is 0 Å². The van der Waals surface area contributed by atoms with E-state index >= 15 is 0 Å². The van der Waals surface area contributed by atoms with Crippen LogP contribution in [0.15, 0.2) is 29.2 Å². The minimum absolute atomic E-state index is 0.00616. The first-order valence-electron chi connectivity index (χ1n) is 9.91. The molecule has 29 heavy (non-hydrogen) atoms. The molecule has 1 aromatic heterocycles. The Bertz CT molecular complexity index is 1100. The van der Waals surface area contributed by atoms with Crippen LogP contribution < -0.4 is 5.43 Å². The molecule has 1 amide bonds. The van der Waals surface area contributed by atoms with Gasteiger partial charge in [-0.3, -0.25) is 9.59 Å². The van der Waals surface area contributed by atoms with Crippen LogP contribution in [0, 0.1) is 5.82 Å². The molecule has 2 aliphatic rings. The first kappa shape index (κ1) is 19.4. The second-order valence-electron chi connectivity index (χ2n) is 7.52. The second-order valence-corrected chi connectivity index (χ2v) is 7.52. The van der Waals surface area contributed by atoms with Gasteiger partial charge in [-0.1, -0.05) is 6.08 Å². The number of aromatic nitrogens is 1. The zero-order chi connectivity index (χ0) is 20.7. The lowest BCUT2D eigenvalue weighted by Gasteiger charge is -2.26. The monoisotopic (exact) mass is 398 g/mol. The van der Waals surface area contributed by atoms with Gasteiger partial charge in [-0.2, -0.15) is 0 Å². The van der Waals surface area contributed by atoms with Crippen molar-refractivity contribution >= 4 is 28.4 Å². The van der Waals surface area contributed by atoms with Crippen LogP contribution >= 0.6 is 0 Å². The molecule has 4 rings (SSSR count). The van der Waals surface area contributed by atoms with Crippen LogP contribution in [0.1, 0.15) is 55.1 Å². The standard InChI is InChI=1S/C22H23FN2O4/c1-3-29-22(28)18-12-25(15-4-5-15)20-11-16(19(23)10-17(20)21(18)27)14-6-8-24(9-7-14)13(2)26/h6,10-12,15H,3-5,7-9H2,1-2H3. The topological polar surface area (TPSA) is 68.6 Å². The van der Waals surface area contributed by atoms with Gasteiger partial charge in [-0.15, -0.1) is 0 Å². The van der Waals surface area contributed by atoms with E-state index in [0.717, 1.165) is 18.4 Å². The van der Waals surface area contributed by atoms with E-state index in [0.29, 0.717) is 30.6 Å². The van der Waals surface area contributed by atoms with Gasteiger partial charge in [-0.05, 0) is 43.9 Å². The highest BCUT2D eigenvalue weighted by atomic mass is 19.1. The summed E-state index contributed by atoms with van der Waals surface area (Å²) in [6, 6.07) is 3.12. The molecule has 152 valence electrons. The van der Waals surface area contributed by atoms with Crippen molar-refractivity contribution in [2.45, 2.75) is 39.2 Å². The van der Waals surface area contributed by atoms with Crippen LogP contribution in [0.2, 0.25) is 0 Å². The van der Waals surface area contributed by atoms with E-state index in [4.69, 9.17) is 4.74 Å². The Kier molecular flexibility index (Phi) is 4.98. The molecule has 2 heterocycles. The van der Waals surface area contributed by atoms with E-state index in [9.17, 15) is 18.8 Å². The molecule has 0 N–H and O–H groups in total. The smallest absolute Gasteiger partial charge is 0.343 e. The van der Waals surface area contributed by atoms with Gasteiger partial charge in [0.05, 0.1) is 12.1 Å². The molecular weight excluding hydrogens is 375 g/mol. The van der Waals surface area contributed by atoms with Gasteiger partial charge in [0.15, 0.2) is 0 Å². The number of hydrogen-bond donors (Lipinski definition) is 0. The van der Waals surface area contributed by atoms with E-state index in [-0.39, 0.29) is 29.5 Å². The molecule has 1 aliphatic carbocycles. The SMILES string of the molecule is CCOC(=O)c1cn(C2CC2)c2cc(C3=CCN(C(C)=O)CC3)c(F)cc2c1=O. The van der Waals surface area contributed by atoms with Gasteiger partial charge in [0.1, 0.15) is 11.4 Å². The highest BCUT2D eigenvalue weighted by Crippen LogP contribution is 2.38. The fourth-order valence-electron chi connectivity index (χ4n) is 3.82. The third-order valence-electron chi connectivity index (χ3n) is 5.56. The molecular formula is C22H23FN2O4. The largest absolute Gasteiger partial charge is 0.462 e. The van der Waals surface area contributed by atoms with Gasteiger partial charge in [0, 0.05) is 43.2 Å². The molecule has 0 atom stereocenters. The summed E-state index contributed by atoms with van der Waals surface area (Å²) in [5, 5.41) is 0.186. The maximum absolute atomic E-state index is 15.0. The Morgan fingerprint density at radius 2 is 2.03 bits per heavy atom. The molecule has 0 radical (unpaired) electrons. The predicted octanol–water partition coefficient (Wildman–Crippen LogP) is 3.29. The number of hydrogen-bond acceptors (Lipinski definition) is 4. The number of ether oxygens (including phenoxy) is 1. The van der Waals surface area contributed by atoms with Crippen molar-refractivity contribution in [1.29, 1.82) is 0 Å². The Morgan fingerprint density at radius 1 is 1.28 bits per heavy atom. The molecule has 1 aromatic carbocycles. The minimum Gasteiger partial charge on any atom is -0.462 e. The number of pyridine rings is 1. The normalized spacial score (nSPS) is 16.7. The second kappa shape index (κ2) is 7.46. The highest BCUT2D eigenvalue weighted by Gasteiger charge is 2.28. The van der Waals surface area contributed by atoms with Crippen molar-refractivity contribution in [3.63, 3.8) is 0 Å². The number of rotatable bonds is 4. The van der Waals surface area contributed by atoms with Crippen LogP contribution in [0.3, 0.4) is 0 Å². The summed E-state index contributed by atoms with van der Waals surface area (Å²) in [5.74, 6) is -1.19. The zero-order valence-electron chi connectivity index (χ0n) is 16.5. The fourth-order valence-corrected chi connectivity index (χ4v) is 3.82. The molecule has 0 bridgehead atoms. The molecule has 0 spiro atoms. The van der Waals surface area contributed by atoms with Gasteiger partial charge in [-0.25, -0.2) is 9.18 Å². The molecule has 1 fully saturated rings. The Balaban J connectivity index is 1.84. The highest BCUT2D eigenvalue weighted by molar-refractivity contribution is 5.94. The molecule has 1 saturated carbocycles. The summed E-state index contributed by atoms with van der Waals surface area (Å²) in [4.78, 5) is 38.3. The van der Waals surface area contributed by atoms with Crippen LogP contribution in [0.25, 0.3) is 16.5 Å². The average molecular weight is 398 g/mol. The molecule has 0 saturated heterocycles. The summed E-state index contributed by atoms with van der Waals surface area (Å²) >= 11 is 0. The lowest BCUT2D eigenvalue weighted by molar-refractivity contribution is -0.128. The lowest BCUT2D eigenvalue weighted by Crippen LogP contribution is -2.32. The van der Waals surface area contributed by atoms with Gasteiger partial charge in [0.25, 0.3) is 0 Å². The third-order valence-corrected chi connectivity index (χ3v) is 5.56. The number of nitrogens with zero attached hydrogens (tertiary/aromatic N) is 2. The number of esters is 1. The number of fused-ring (bicyclic) bond motifs is 1. The molecule has 6 nitrogen and oxygen atoms in total. The van der Waals surface area contributed by atoms with Crippen LogP contribution in [-0.2, 0) is 9.53 Å². The van der Waals surface area contributed by atoms with Crippen molar-refractivity contribution in [3.05, 3.63) is 51.6 Å². The third kappa shape index (κ3) is 3.57. The lowest BCUT2D eigenvalue weighted by atomic mass is 9.96. The van der Waals surface area contributed by atoms with E-state index in [1.807, 2.05) is 10.6 Å². The summed E-state index contributed by atoms with van der Waals surface area (Å²) in [7, 11) is 0. The summed E-state index contributed by atoms with van der Waals surface area (Å²) in [6.45, 7) is 4.34. The summed E-state index contributed by atoms with van der Waals surface area (Å²) in [6.07, 6.45) is 5.86. The van der Waals surface area contributed by atoms with Gasteiger partial charge >= 0.3 is 5.97 Å². The summed E-state index contributed by atoms with van der Waals surface area (Å²) < 4.78 is 21.9. The Hall–Kier alpha value is -2.96. The number of benzene rings is 1. The van der Waals surface area contributed by atoms with E-state index in [1.54, 1.807) is 24.1 Å². The van der Waals surface area contributed by atoms with Crippen molar-refractivity contribution in [1.82, 2.24) is 9.47 Å². The summed E-state index contributed by atoms with van der Waals surface area (Å²) in [5.41, 5.74) is 1.31. The van der Waals surface area contributed by atoms with Crippen LogP contribution in [-0.4, -0.2) is 41.0 Å². The predicted molar refractivity (Wildman–Crippen MR) is 107 cm³/mol. The first-order valence-corrected chi connectivity index (χ1v) is 9.91. The maximum atomic E-state index is 15.0. The van der Waals surface area contributed by atoms with Crippen LogP contribution in [0.4, 0.5) is 4.39 Å². The average Bonchev–Trinajstić information content (AvgIpc) is 3.53. The molecule has 7 heteroatoms. The van der Waals surface area contributed by atoms with Gasteiger partial charge in [0.2, 0.25) is 11.3 Å². The first-order chi connectivity index (χ1) is 13.9. The minimum atomic E-state index is -0.683. The van der Waals surface area contributed by atoms with Crippen molar-refractivity contribution < 1.29 is 18.7 Å². The van der Waals surface area contributed by atoms with Crippen LogP contribution in [0.5, 0.6) is 0 Å². The number of carbonyl (C=O) groups is 2. The molecule has 2 aromatic rings.